The van der Waals surface area contributed by atoms with Crippen molar-refractivity contribution in [2.24, 2.45) is 4.99 Å². The maximum atomic E-state index is 5.47. The van der Waals surface area contributed by atoms with Crippen molar-refractivity contribution in [1.82, 2.24) is 10.6 Å². The molecule has 0 saturated carbocycles. The zero-order valence-corrected chi connectivity index (χ0v) is 15.4. The molecule has 19 heavy (non-hydrogen) atoms. The zero-order chi connectivity index (χ0) is 14.0. The van der Waals surface area contributed by atoms with Crippen molar-refractivity contribution in [2.45, 2.75) is 45.8 Å². The van der Waals surface area contributed by atoms with Crippen LogP contribution in [0.25, 0.3) is 0 Å². The molecule has 0 aromatic carbocycles. The van der Waals surface area contributed by atoms with E-state index in [1.807, 2.05) is 27.7 Å². The van der Waals surface area contributed by atoms with Gasteiger partial charge in [0.05, 0.1) is 11.7 Å². The Morgan fingerprint density at radius 3 is 2.37 bits per heavy atom. The second-order valence-electron chi connectivity index (χ2n) is 5.09. The minimum atomic E-state index is -0.196. The third-order valence-corrected chi connectivity index (χ3v) is 2.52. The molecule has 0 rings (SSSR count). The number of rotatable bonds is 8. The first-order chi connectivity index (χ1) is 8.41. The molecule has 0 radical (unpaired) electrons. The van der Waals surface area contributed by atoms with Gasteiger partial charge >= 0.3 is 0 Å². The van der Waals surface area contributed by atoms with Crippen LogP contribution >= 0.6 is 24.0 Å². The Labute approximate surface area is 134 Å². The molecule has 0 amide bonds. The van der Waals surface area contributed by atoms with Gasteiger partial charge in [0.1, 0.15) is 0 Å². The molecule has 5 nitrogen and oxygen atoms in total. The summed E-state index contributed by atoms with van der Waals surface area (Å²) in [5.41, 5.74) is -0.196. The van der Waals surface area contributed by atoms with Gasteiger partial charge in [-0.1, -0.05) is 0 Å². The molecule has 0 unspecified atom stereocenters. The van der Waals surface area contributed by atoms with E-state index >= 15 is 0 Å². The SMILES string of the molecule is CN=C(NCCCOC(C)C)NCC(C)(C)OC.I. The zero-order valence-electron chi connectivity index (χ0n) is 13.1. The fraction of sp³-hybridized carbons (Fsp3) is 0.923. The maximum absolute atomic E-state index is 5.47. The Bertz CT molecular complexity index is 246. The van der Waals surface area contributed by atoms with Gasteiger partial charge in [-0.3, -0.25) is 4.99 Å². The predicted octanol–water partition coefficient (Wildman–Crippen LogP) is 2.01. The number of guanidine groups is 1. The Morgan fingerprint density at radius 1 is 1.26 bits per heavy atom. The molecule has 0 heterocycles. The Hall–Kier alpha value is -0.0800. The molecule has 2 N–H and O–H groups in total. The molecule has 0 bridgehead atoms. The van der Waals surface area contributed by atoms with E-state index in [1.165, 1.54) is 0 Å². The Balaban J connectivity index is 0. The van der Waals surface area contributed by atoms with E-state index in [2.05, 4.69) is 15.6 Å². The van der Waals surface area contributed by atoms with Crippen LogP contribution in [0.3, 0.4) is 0 Å². The van der Waals surface area contributed by atoms with Crippen LogP contribution < -0.4 is 10.6 Å². The van der Waals surface area contributed by atoms with Crippen molar-refractivity contribution in [3.05, 3.63) is 0 Å². The summed E-state index contributed by atoms with van der Waals surface area (Å²) in [5, 5.41) is 6.48. The lowest BCUT2D eigenvalue weighted by atomic mass is 10.1. The molecule has 0 spiro atoms. The van der Waals surface area contributed by atoms with Gasteiger partial charge in [0.25, 0.3) is 0 Å². The van der Waals surface area contributed by atoms with Gasteiger partial charge in [-0.05, 0) is 34.1 Å². The molecule has 0 fully saturated rings. The Morgan fingerprint density at radius 2 is 1.89 bits per heavy atom. The highest BCUT2D eigenvalue weighted by atomic mass is 127. The van der Waals surface area contributed by atoms with E-state index in [1.54, 1.807) is 14.2 Å². The summed E-state index contributed by atoms with van der Waals surface area (Å²) in [6, 6.07) is 0. The predicted molar refractivity (Wildman–Crippen MR) is 91.6 cm³/mol. The van der Waals surface area contributed by atoms with E-state index in [0.717, 1.165) is 25.5 Å². The third-order valence-electron chi connectivity index (χ3n) is 2.52. The van der Waals surface area contributed by atoms with Gasteiger partial charge < -0.3 is 20.1 Å². The largest absolute Gasteiger partial charge is 0.379 e. The molecule has 0 aliphatic carbocycles. The summed E-state index contributed by atoms with van der Waals surface area (Å²) in [7, 11) is 3.47. The van der Waals surface area contributed by atoms with E-state index in [0.29, 0.717) is 12.6 Å². The molecule has 116 valence electrons. The third kappa shape index (κ3) is 12.7. The van der Waals surface area contributed by atoms with Crippen LogP contribution in [0, 0.1) is 0 Å². The van der Waals surface area contributed by atoms with Crippen LogP contribution in [-0.2, 0) is 9.47 Å². The molecule has 0 aromatic rings. The summed E-state index contributed by atoms with van der Waals surface area (Å²) in [5.74, 6) is 0.796. The molecule has 0 aliphatic rings. The van der Waals surface area contributed by atoms with Crippen LogP contribution in [0.2, 0.25) is 0 Å². The molecule has 0 aromatic heterocycles. The fourth-order valence-corrected chi connectivity index (χ4v) is 1.19. The number of hydrogen-bond donors (Lipinski definition) is 2. The second kappa shape index (κ2) is 11.7. The molecular formula is C13H30IN3O2. The van der Waals surface area contributed by atoms with Gasteiger partial charge in [-0.25, -0.2) is 0 Å². The highest BCUT2D eigenvalue weighted by molar-refractivity contribution is 14.0. The van der Waals surface area contributed by atoms with Crippen LogP contribution in [-0.4, -0.2) is 51.5 Å². The van der Waals surface area contributed by atoms with Crippen LogP contribution in [0.4, 0.5) is 0 Å². The minimum Gasteiger partial charge on any atom is -0.379 e. The first kappa shape index (κ1) is 21.2. The summed E-state index contributed by atoms with van der Waals surface area (Å²) in [6.07, 6.45) is 1.26. The molecular weight excluding hydrogens is 357 g/mol. The lowest BCUT2D eigenvalue weighted by molar-refractivity contribution is 0.0268. The number of ether oxygens (including phenoxy) is 2. The summed E-state index contributed by atoms with van der Waals surface area (Å²) >= 11 is 0. The first-order valence-electron chi connectivity index (χ1n) is 6.52. The summed E-state index contributed by atoms with van der Waals surface area (Å²) in [4.78, 5) is 4.16. The monoisotopic (exact) mass is 387 g/mol. The van der Waals surface area contributed by atoms with E-state index < -0.39 is 0 Å². The van der Waals surface area contributed by atoms with Crippen molar-refractivity contribution in [1.29, 1.82) is 0 Å². The molecule has 0 saturated heterocycles. The number of hydrogen-bond acceptors (Lipinski definition) is 3. The number of methoxy groups -OCH3 is 1. The number of nitrogens with zero attached hydrogens (tertiary/aromatic N) is 1. The van der Waals surface area contributed by atoms with Crippen molar-refractivity contribution < 1.29 is 9.47 Å². The Kier molecular flexibility index (Phi) is 13.1. The first-order valence-corrected chi connectivity index (χ1v) is 6.52. The van der Waals surface area contributed by atoms with Gasteiger partial charge in [0.15, 0.2) is 5.96 Å². The van der Waals surface area contributed by atoms with Crippen LogP contribution in [0.5, 0.6) is 0 Å². The van der Waals surface area contributed by atoms with Gasteiger partial charge in [-0.15, -0.1) is 24.0 Å². The second-order valence-corrected chi connectivity index (χ2v) is 5.09. The maximum Gasteiger partial charge on any atom is 0.191 e. The highest BCUT2D eigenvalue weighted by Crippen LogP contribution is 2.04. The van der Waals surface area contributed by atoms with E-state index in [-0.39, 0.29) is 29.6 Å². The normalized spacial score (nSPS) is 12.3. The lowest BCUT2D eigenvalue weighted by Gasteiger charge is -2.24. The number of nitrogens with one attached hydrogen (secondary N) is 2. The number of halogens is 1. The topological polar surface area (TPSA) is 54.9 Å². The van der Waals surface area contributed by atoms with Crippen molar-refractivity contribution >= 4 is 29.9 Å². The van der Waals surface area contributed by atoms with Crippen molar-refractivity contribution in [3.8, 4) is 0 Å². The van der Waals surface area contributed by atoms with Crippen LogP contribution in [0.1, 0.15) is 34.1 Å². The average Bonchev–Trinajstić information content (AvgIpc) is 2.32. The minimum absolute atomic E-state index is 0. The lowest BCUT2D eigenvalue weighted by Crippen LogP contribution is -2.45. The molecule has 0 atom stereocenters. The van der Waals surface area contributed by atoms with Crippen molar-refractivity contribution in [3.63, 3.8) is 0 Å². The fourth-order valence-electron chi connectivity index (χ4n) is 1.19. The quantitative estimate of drug-likeness (QED) is 0.290. The van der Waals surface area contributed by atoms with Crippen LogP contribution in [0.15, 0.2) is 4.99 Å². The number of aliphatic imine (C=N–C) groups is 1. The van der Waals surface area contributed by atoms with Gasteiger partial charge in [0, 0.05) is 33.9 Å². The highest BCUT2D eigenvalue weighted by Gasteiger charge is 2.16. The van der Waals surface area contributed by atoms with Gasteiger partial charge in [0.2, 0.25) is 0 Å². The molecule has 0 aliphatic heterocycles. The van der Waals surface area contributed by atoms with E-state index in [9.17, 15) is 0 Å². The van der Waals surface area contributed by atoms with Gasteiger partial charge in [-0.2, -0.15) is 0 Å². The summed E-state index contributed by atoms with van der Waals surface area (Å²) < 4.78 is 10.8. The standard InChI is InChI=1S/C13H29N3O2.HI/c1-11(2)18-9-7-8-15-12(14-5)16-10-13(3,4)17-6;/h11H,7-10H2,1-6H3,(H2,14,15,16);1H. The average molecular weight is 387 g/mol. The summed E-state index contributed by atoms with van der Waals surface area (Å²) in [6.45, 7) is 10.5. The van der Waals surface area contributed by atoms with Crippen molar-refractivity contribution in [2.75, 3.05) is 33.9 Å². The smallest absolute Gasteiger partial charge is 0.191 e. The van der Waals surface area contributed by atoms with E-state index in [4.69, 9.17) is 9.47 Å². The molecule has 6 heteroatoms.